The van der Waals surface area contributed by atoms with E-state index in [2.05, 4.69) is 18.3 Å². The van der Waals surface area contributed by atoms with E-state index >= 15 is 0 Å². The van der Waals surface area contributed by atoms with Crippen LogP contribution in [-0.4, -0.2) is 13.1 Å². The highest BCUT2D eigenvalue weighted by atomic mass is 14.9. The quantitative estimate of drug-likeness (QED) is 0.446. The van der Waals surface area contributed by atoms with Crippen LogP contribution in [0.15, 0.2) is 12.7 Å². The van der Waals surface area contributed by atoms with Gasteiger partial charge in [0.25, 0.3) is 0 Å². The Morgan fingerprint density at radius 2 is 2.62 bits per heavy atom. The summed E-state index contributed by atoms with van der Waals surface area (Å²) in [7, 11) is 0. The lowest BCUT2D eigenvalue weighted by atomic mass is 10.0. The smallest absolute Gasteiger partial charge is 0.0199 e. The first-order chi connectivity index (χ1) is 3.93. The summed E-state index contributed by atoms with van der Waals surface area (Å²) in [4.78, 5) is 0. The second kappa shape index (κ2) is 2.88. The summed E-state index contributed by atoms with van der Waals surface area (Å²) >= 11 is 0. The molecule has 1 saturated heterocycles. The van der Waals surface area contributed by atoms with Crippen molar-refractivity contribution < 1.29 is 0 Å². The highest BCUT2D eigenvalue weighted by Crippen LogP contribution is 2.08. The molecule has 0 amide bonds. The van der Waals surface area contributed by atoms with Crippen LogP contribution in [0.25, 0.3) is 0 Å². The minimum atomic E-state index is 0.559. The molecule has 0 bridgehead atoms. The first kappa shape index (κ1) is 5.83. The van der Waals surface area contributed by atoms with Gasteiger partial charge in [-0.25, -0.2) is 5.32 Å². The molecule has 44 valence electrons. The average molecular weight is 109 g/mol. The molecule has 2 radical (unpaired) electrons. The number of piperidine rings is 1. The molecule has 0 saturated carbocycles. The van der Waals surface area contributed by atoms with Gasteiger partial charge in [0.1, 0.15) is 0 Å². The molecule has 0 aliphatic carbocycles. The maximum Gasteiger partial charge on any atom is 0.0199 e. The molecule has 1 fully saturated rings. The van der Waals surface area contributed by atoms with Crippen molar-refractivity contribution in [3.63, 3.8) is 0 Å². The third kappa shape index (κ3) is 1.34. The fourth-order valence-corrected chi connectivity index (χ4v) is 0.866. The lowest BCUT2D eigenvalue weighted by molar-refractivity contribution is 0.520. The van der Waals surface area contributed by atoms with Crippen molar-refractivity contribution in [2.45, 2.75) is 6.42 Å². The Morgan fingerprint density at radius 3 is 3.00 bits per heavy atom. The molecule has 0 aromatic carbocycles. The van der Waals surface area contributed by atoms with Gasteiger partial charge < -0.3 is 0 Å². The van der Waals surface area contributed by atoms with Crippen LogP contribution in [0.1, 0.15) is 6.42 Å². The molecule has 1 atom stereocenters. The van der Waals surface area contributed by atoms with E-state index in [4.69, 9.17) is 0 Å². The van der Waals surface area contributed by atoms with Gasteiger partial charge in [0.05, 0.1) is 0 Å². The second-order valence-corrected chi connectivity index (χ2v) is 2.05. The van der Waals surface area contributed by atoms with Crippen molar-refractivity contribution in [1.29, 1.82) is 0 Å². The Hall–Kier alpha value is -0.300. The van der Waals surface area contributed by atoms with Gasteiger partial charge in [-0.2, -0.15) is 0 Å². The Labute approximate surface area is 50.8 Å². The van der Waals surface area contributed by atoms with Crippen LogP contribution >= 0.6 is 0 Å². The normalized spacial score (nSPS) is 29.8. The van der Waals surface area contributed by atoms with Crippen LogP contribution in [0.5, 0.6) is 0 Å². The third-order valence-corrected chi connectivity index (χ3v) is 1.40. The number of hydrogen-bond acceptors (Lipinski definition) is 0. The summed E-state index contributed by atoms with van der Waals surface area (Å²) in [5.74, 6) is 0.559. The first-order valence-electron chi connectivity index (χ1n) is 3.02. The predicted octanol–water partition coefficient (Wildman–Crippen LogP) is 1.00. The van der Waals surface area contributed by atoms with Gasteiger partial charge in [-0.05, 0) is 18.8 Å². The molecule has 1 nitrogen and oxygen atoms in total. The Kier molecular flexibility index (Phi) is 2.10. The topological polar surface area (TPSA) is 14.1 Å². The van der Waals surface area contributed by atoms with E-state index in [1.54, 1.807) is 0 Å². The molecule has 0 spiro atoms. The highest BCUT2D eigenvalue weighted by Gasteiger charge is 2.08. The van der Waals surface area contributed by atoms with Gasteiger partial charge >= 0.3 is 0 Å². The molecule has 1 rings (SSSR count). The maximum absolute atomic E-state index is 4.23. The Bertz CT molecular complexity index is 72.5. The molecule has 1 aliphatic rings. The van der Waals surface area contributed by atoms with E-state index < -0.39 is 0 Å². The van der Waals surface area contributed by atoms with Gasteiger partial charge in [0.2, 0.25) is 0 Å². The van der Waals surface area contributed by atoms with Crippen molar-refractivity contribution >= 4 is 0 Å². The summed E-state index contributed by atoms with van der Waals surface area (Å²) in [6, 6.07) is 0. The zero-order valence-corrected chi connectivity index (χ0v) is 5.01. The van der Waals surface area contributed by atoms with Gasteiger partial charge in [0.15, 0.2) is 0 Å². The van der Waals surface area contributed by atoms with Crippen LogP contribution in [0, 0.1) is 12.3 Å². The van der Waals surface area contributed by atoms with Gasteiger partial charge in [0, 0.05) is 13.1 Å². The lowest BCUT2D eigenvalue weighted by Crippen LogP contribution is -2.22. The summed E-state index contributed by atoms with van der Waals surface area (Å²) in [6.45, 7) is 5.67. The van der Waals surface area contributed by atoms with E-state index in [0.717, 1.165) is 19.5 Å². The monoisotopic (exact) mass is 109 g/mol. The van der Waals surface area contributed by atoms with Crippen LogP contribution in [0.3, 0.4) is 0 Å². The van der Waals surface area contributed by atoms with Crippen molar-refractivity contribution in [2.24, 2.45) is 5.92 Å². The fourth-order valence-electron chi connectivity index (χ4n) is 0.866. The molecule has 0 aromatic heterocycles. The molecule has 1 heterocycles. The van der Waals surface area contributed by atoms with E-state index in [1.807, 2.05) is 6.08 Å². The lowest BCUT2D eigenvalue weighted by Gasteiger charge is -2.16. The van der Waals surface area contributed by atoms with E-state index in [9.17, 15) is 0 Å². The van der Waals surface area contributed by atoms with Crippen LogP contribution in [0.4, 0.5) is 0 Å². The minimum absolute atomic E-state index is 0.559. The largest absolute Gasteiger partial charge is 0.241 e. The second-order valence-electron chi connectivity index (χ2n) is 2.05. The fraction of sp³-hybridized carbons (Fsp3) is 0.571. The molecular formula is C7H11N. The van der Waals surface area contributed by atoms with Crippen LogP contribution in [-0.2, 0) is 0 Å². The summed E-state index contributed by atoms with van der Waals surface area (Å²) in [5.41, 5.74) is 0. The number of hydrogen-bond donors (Lipinski definition) is 0. The molecule has 1 unspecified atom stereocenters. The molecular weight excluding hydrogens is 98.1 g/mol. The van der Waals surface area contributed by atoms with Crippen molar-refractivity contribution in [2.75, 3.05) is 13.1 Å². The Balaban J connectivity index is 2.22. The van der Waals surface area contributed by atoms with Crippen LogP contribution < -0.4 is 5.32 Å². The van der Waals surface area contributed by atoms with Crippen LogP contribution in [0.2, 0.25) is 0 Å². The van der Waals surface area contributed by atoms with Crippen molar-refractivity contribution in [3.05, 3.63) is 19.1 Å². The molecule has 0 N–H and O–H groups in total. The zero-order chi connectivity index (χ0) is 5.82. The van der Waals surface area contributed by atoms with Crippen molar-refractivity contribution in [3.8, 4) is 0 Å². The molecule has 1 aliphatic heterocycles. The van der Waals surface area contributed by atoms with E-state index in [1.165, 1.54) is 0 Å². The highest BCUT2D eigenvalue weighted by molar-refractivity contribution is 4.93. The summed E-state index contributed by atoms with van der Waals surface area (Å²) in [5, 5.41) is 4.23. The summed E-state index contributed by atoms with van der Waals surface area (Å²) < 4.78 is 0. The van der Waals surface area contributed by atoms with Gasteiger partial charge in [-0.1, -0.05) is 6.08 Å². The first-order valence-corrected chi connectivity index (χ1v) is 3.02. The Morgan fingerprint density at radius 1 is 1.75 bits per heavy atom. The maximum atomic E-state index is 4.23. The van der Waals surface area contributed by atoms with E-state index in [-0.39, 0.29) is 0 Å². The standard InChI is InChI=1S/C7H11N/c1-2-7-4-3-5-8-6-7/h2,4,7H,1,3,5-6H2. The SMILES string of the molecule is C=CC1[CH]CC[N]C1. The molecule has 0 aromatic rings. The van der Waals surface area contributed by atoms with E-state index in [0.29, 0.717) is 5.92 Å². The summed E-state index contributed by atoms with van der Waals surface area (Å²) in [6.07, 6.45) is 5.37. The van der Waals surface area contributed by atoms with Gasteiger partial charge in [-0.3, -0.25) is 0 Å². The molecule has 8 heavy (non-hydrogen) atoms. The predicted molar refractivity (Wildman–Crippen MR) is 34.5 cm³/mol. The van der Waals surface area contributed by atoms with Crippen molar-refractivity contribution in [1.82, 2.24) is 5.32 Å². The average Bonchev–Trinajstić information content (AvgIpc) is 1.90. The number of nitrogens with zero attached hydrogens (tertiary/aromatic N) is 1. The molecule has 1 heteroatoms. The van der Waals surface area contributed by atoms with Gasteiger partial charge in [-0.15, -0.1) is 6.58 Å². The number of rotatable bonds is 1. The zero-order valence-electron chi connectivity index (χ0n) is 5.01. The minimum Gasteiger partial charge on any atom is -0.241 e. The third-order valence-electron chi connectivity index (χ3n) is 1.40.